The normalized spacial score (nSPS) is 15.9. The molecule has 1 unspecified atom stereocenters. The summed E-state index contributed by atoms with van der Waals surface area (Å²) in [4.78, 5) is 38.6. The third-order valence-corrected chi connectivity index (χ3v) is 4.06. The molecule has 1 heterocycles. The highest BCUT2D eigenvalue weighted by molar-refractivity contribution is 5.90. The molecule has 0 radical (unpaired) electrons. The van der Waals surface area contributed by atoms with Crippen molar-refractivity contribution in [1.29, 1.82) is 0 Å². The first-order chi connectivity index (χ1) is 11.0. The maximum Gasteiger partial charge on any atom is 0.267 e. The van der Waals surface area contributed by atoms with Gasteiger partial charge in [-0.3, -0.25) is 19.4 Å². The fourth-order valence-electron chi connectivity index (χ4n) is 2.88. The van der Waals surface area contributed by atoms with Gasteiger partial charge in [0, 0.05) is 19.7 Å². The molecule has 0 spiro atoms. The molecule has 1 aromatic heterocycles. The third kappa shape index (κ3) is 4.77. The molecular weight excluding hydrogens is 296 g/mol. The number of carbonyl (C=O) groups excluding carboxylic acids is 3. The van der Waals surface area contributed by atoms with Crippen LogP contribution in [0.4, 0.5) is 0 Å². The van der Waals surface area contributed by atoms with Gasteiger partial charge >= 0.3 is 0 Å². The molecule has 1 aliphatic carbocycles. The number of nitrogens with two attached hydrogens (primary N) is 1. The van der Waals surface area contributed by atoms with Crippen molar-refractivity contribution in [2.75, 3.05) is 0 Å². The number of rotatable bonds is 6. The van der Waals surface area contributed by atoms with Crippen LogP contribution in [0.3, 0.4) is 0 Å². The molecule has 0 saturated heterocycles. The molecule has 0 bridgehead atoms. The molecule has 4 N–H and O–H groups in total. The zero-order valence-corrected chi connectivity index (χ0v) is 13.2. The molecule has 1 atom stereocenters. The first-order valence-corrected chi connectivity index (χ1v) is 7.77. The second kappa shape index (κ2) is 7.71. The number of hydrogen-bond donors (Lipinski definition) is 3. The third-order valence-electron chi connectivity index (χ3n) is 4.06. The van der Waals surface area contributed by atoms with Gasteiger partial charge in [-0.05, 0) is 30.4 Å². The summed E-state index contributed by atoms with van der Waals surface area (Å²) < 4.78 is 0. The summed E-state index contributed by atoms with van der Waals surface area (Å²) in [6, 6.07) is 2.72. The highest BCUT2D eigenvalue weighted by atomic mass is 16.2. The van der Waals surface area contributed by atoms with E-state index in [-0.39, 0.29) is 30.0 Å². The summed E-state index contributed by atoms with van der Waals surface area (Å²) in [5, 5.41) is 5.57. The second-order valence-electron chi connectivity index (χ2n) is 5.86. The molecule has 124 valence electrons. The molecule has 1 saturated carbocycles. The standard InChI is InChI=1S/C16H22N4O3/c1-10(21)20-14(12-4-2-3-5-12)16(23)19-9-11-6-7-13(15(17)22)18-8-11/h6-8,12,14H,2-5,9H2,1H3,(H2,17,22)(H,19,23)(H,20,21). The minimum atomic E-state index is -0.590. The first kappa shape index (κ1) is 16.9. The van der Waals surface area contributed by atoms with Gasteiger partial charge in [0.25, 0.3) is 5.91 Å². The molecular formula is C16H22N4O3. The Morgan fingerprint density at radius 2 is 2.00 bits per heavy atom. The molecule has 1 fully saturated rings. The van der Waals surface area contributed by atoms with Crippen molar-refractivity contribution in [3.05, 3.63) is 29.6 Å². The molecule has 0 aliphatic heterocycles. The number of hydrogen-bond acceptors (Lipinski definition) is 4. The van der Waals surface area contributed by atoms with Crippen LogP contribution in [0.5, 0.6) is 0 Å². The Balaban J connectivity index is 1.94. The predicted octanol–water partition coefficient (Wildman–Crippen LogP) is 0.492. The average Bonchev–Trinajstić information content (AvgIpc) is 3.04. The van der Waals surface area contributed by atoms with E-state index in [0.717, 1.165) is 31.2 Å². The zero-order valence-electron chi connectivity index (χ0n) is 13.2. The topological polar surface area (TPSA) is 114 Å². The van der Waals surface area contributed by atoms with E-state index in [2.05, 4.69) is 15.6 Å². The quantitative estimate of drug-likeness (QED) is 0.708. The number of aromatic nitrogens is 1. The fraction of sp³-hybridized carbons (Fsp3) is 0.500. The van der Waals surface area contributed by atoms with Gasteiger partial charge in [-0.2, -0.15) is 0 Å². The van der Waals surface area contributed by atoms with Crippen molar-refractivity contribution < 1.29 is 14.4 Å². The zero-order chi connectivity index (χ0) is 16.8. The maximum absolute atomic E-state index is 12.4. The Morgan fingerprint density at radius 3 is 2.52 bits per heavy atom. The predicted molar refractivity (Wildman–Crippen MR) is 84.2 cm³/mol. The summed E-state index contributed by atoms with van der Waals surface area (Å²) in [6.45, 7) is 1.70. The largest absolute Gasteiger partial charge is 0.364 e. The van der Waals surface area contributed by atoms with E-state index >= 15 is 0 Å². The lowest BCUT2D eigenvalue weighted by Crippen LogP contribution is -2.49. The average molecular weight is 318 g/mol. The van der Waals surface area contributed by atoms with Crippen LogP contribution in [-0.2, 0) is 16.1 Å². The van der Waals surface area contributed by atoms with E-state index in [4.69, 9.17) is 5.73 Å². The number of amides is 3. The minimum Gasteiger partial charge on any atom is -0.364 e. The van der Waals surface area contributed by atoms with Crippen molar-refractivity contribution in [2.24, 2.45) is 11.7 Å². The van der Waals surface area contributed by atoms with Gasteiger partial charge in [-0.1, -0.05) is 18.9 Å². The van der Waals surface area contributed by atoms with E-state index in [1.54, 1.807) is 6.07 Å². The molecule has 7 heteroatoms. The Bertz CT molecular complexity index is 579. The van der Waals surface area contributed by atoms with Gasteiger partial charge in [0.05, 0.1) is 0 Å². The van der Waals surface area contributed by atoms with Crippen LogP contribution in [0.25, 0.3) is 0 Å². The lowest BCUT2D eigenvalue weighted by Gasteiger charge is -2.23. The van der Waals surface area contributed by atoms with Crippen molar-refractivity contribution in [1.82, 2.24) is 15.6 Å². The number of carbonyl (C=O) groups is 3. The number of nitrogens with one attached hydrogen (secondary N) is 2. The maximum atomic E-state index is 12.4. The number of pyridine rings is 1. The van der Waals surface area contributed by atoms with Crippen LogP contribution in [0.2, 0.25) is 0 Å². The molecule has 3 amide bonds. The summed E-state index contributed by atoms with van der Waals surface area (Å²) >= 11 is 0. The van der Waals surface area contributed by atoms with Crippen LogP contribution in [0, 0.1) is 5.92 Å². The minimum absolute atomic E-state index is 0.183. The Kier molecular flexibility index (Phi) is 5.67. The molecule has 1 aliphatic rings. The van der Waals surface area contributed by atoms with Gasteiger partial charge in [0.2, 0.25) is 11.8 Å². The second-order valence-corrected chi connectivity index (χ2v) is 5.86. The Morgan fingerprint density at radius 1 is 1.30 bits per heavy atom. The fourth-order valence-corrected chi connectivity index (χ4v) is 2.88. The first-order valence-electron chi connectivity index (χ1n) is 7.77. The molecule has 7 nitrogen and oxygen atoms in total. The highest BCUT2D eigenvalue weighted by Crippen LogP contribution is 2.27. The lowest BCUT2D eigenvalue weighted by atomic mass is 9.97. The van der Waals surface area contributed by atoms with Crippen LogP contribution in [-0.4, -0.2) is 28.7 Å². The number of primary amides is 1. The van der Waals surface area contributed by atoms with E-state index in [1.165, 1.54) is 19.2 Å². The molecule has 2 rings (SSSR count). The molecule has 23 heavy (non-hydrogen) atoms. The van der Waals surface area contributed by atoms with Crippen molar-refractivity contribution in [3.8, 4) is 0 Å². The number of nitrogens with zero attached hydrogens (tertiary/aromatic N) is 1. The van der Waals surface area contributed by atoms with Gasteiger partial charge < -0.3 is 16.4 Å². The molecule has 1 aromatic rings. The Labute approximate surface area is 135 Å². The van der Waals surface area contributed by atoms with E-state index in [0.29, 0.717) is 0 Å². The Hall–Kier alpha value is -2.44. The summed E-state index contributed by atoms with van der Waals surface area (Å²) in [5.41, 5.74) is 6.07. The summed E-state index contributed by atoms with van der Waals surface area (Å²) in [7, 11) is 0. The van der Waals surface area contributed by atoms with Crippen LogP contribution in [0.15, 0.2) is 18.3 Å². The van der Waals surface area contributed by atoms with Crippen LogP contribution >= 0.6 is 0 Å². The smallest absolute Gasteiger partial charge is 0.267 e. The van der Waals surface area contributed by atoms with Gasteiger partial charge in [-0.15, -0.1) is 0 Å². The monoisotopic (exact) mass is 318 g/mol. The highest BCUT2D eigenvalue weighted by Gasteiger charge is 2.31. The van der Waals surface area contributed by atoms with Gasteiger partial charge in [0.1, 0.15) is 11.7 Å². The summed E-state index contributed by atoms with van der Waals surface area (Å²) in [5.74, 6) is -0.794. The van der Waals surface area contributed by atoms with Crippen LogP contribution in [0.1, 0.15) is 48.7 Å². The molecule has 0 aromatic carbocycles. The van der Waals surface area contributed by atoms with E-state index < -0.39 is 11.9 Å². The van der Waals surface area contributed by atoms with Crippen molar-refractivity contribution in [3.63, 3.8) is 0 Å². The summed E-state index contributed by atoms with van der Waals surface area (Å²) in [6.07, 6.45) is 5.59. The van der Waals surface area contributed by atoms with E-state index in [9.17, 15) is 14.4 Å². The lowest BCUT2D eigenvalue weighted by molar-refractivity contribution is -0.129. The SMILES string of the molecule is CC(=O)NC(C(=O)NCc1ccc(C(N)=O)nc1)C1CCCC1. The van der Waals surface area contributed by atoms with Gasteiger partial charge in [0.15, 0.2) is 0 Å². The van der Waals surface area contributed by atoms with E-state index in [1.807, 2.05) is 0 Å². The van der Waals surface area contributed by atoms with Crippen molar-refractivity contribution >= 4 is 17.7 Å². The van der Waals surface area contributed by atoms with Gasteiger partial charge in [-0.25, -0.2) is 0 Å². The van der Waals surface area contributed by atoms with Crippen molar-refractivity contribution in [2.45, 2.75) is 45.2 Å². The van der Waals surface area contributed by atoms with Crippen LogP contribution < -0.4 is 16.4 Å².